The Morgan fingerprint density at radius 3 is 1.36 bits per heavy atom. The first-order valence-electron chi connectivity index (χ1n) is 24.9. The fourth-order valence-electron chi connectivity index (χ4n) is 7.20. The third-order valence-electron chi connectivity index (χ3n) is 11.1. The number of amides is 1. The lowest BCUT2D eigenvalue weighted by Gasteiger charge is -2.19. The number of rotatable bonds is 45. The van der Waals surface area contributed by atoms with Crippen LogP contribution in [0.4, 0.5) is 0 Å². The van der Waals surface area contributed by atoms with Gasteiger partial charge in [-0.2, -0.15) is 0 Å². The molecule has 0 aromatic carbocycles. The van der Waals surface area contributed by atoms with E-state index in [-0.39, 0.29) is 18.5 Å². The average Bonchev–Trinajstić information content (AvgIpc) is 3.22. The number of carbonyl (C=O) groups is 2. The summed E-state index contributed by atoms with van der Waals surface area (Å²) in [6.07, 6.45) is 58.4. The Labute approximate surface area is 359 Å². The van der Waals surface area contributed by atoms with Gasteiger partial charge in [0.25, 0.3) is 0 Å². The van der Waals surface area contributed by atoms with Crippen LogP contribution in [0.25, 0.3) is 0 Å². The molecule has 0 aromatic heterocycles. The summed E-state index contributed by atoms with van der Waals surface area (Å²) >= 11 is 0. The molecule has 2 atom stereocenters. The van der Waals surface area contributed by atoms with Crippen LogP contribution in [0.1, 0.15) is 245 Å². The minimum atomic E-state index is -0.878. The predicted octanol–water partition coefficient (Wildman–Crippen LogP) is 14.7. The predicted molar refractivity (Wildman–Crippen MR) is 250 cm³/mol. The van der Waals surface area contributed by atoms with E-state index in [2.05, 4.69) is 49.5 Å². The zero-order valence-corrected chi connectivity index (χ0v) is 38.3. The molecule has 0 saturated heterocycles. The molecule has 6 heteroatoms. The van der Waals surface area contributed by atoms with Crippen LogP contribution in [-0.4, -0.2) is 47.4 Å². The van der Waals surface area contributed by atoms with Crippen LogP contribution in [0.3, 0.4) is 0 Å². The largest absolute Gasteiger partial charge is 0.466 e. The summed E-state index contributed by atoms with van der Waals surface area (Å²) in [6.45, 7) is 4.80. The molecule has 0 spiro atoms. The first kappa shape index (κ1) is 55.8. The number of aliphatic hydroxyl groups excluding tert-OH is 2. The van der Waals surface area contributed by atoms with Crippen molar-refractivity contribution in [2.75, 3.05) is 13.2 Å². The molecule has 0 bridgehead atoms. The van der Waals surface area contributed by atoms with Crippen LogP contribution in [0, 0.1) is 0 Å². The van der Waals surface area contributed by atoms with Crippen molar-refractivity contribution in [3.63, 3.8) is 0 Å². The highest BCUT2D eigenvalue weighted by Gasteiger charge is 2.17. The molecular weight excluding hydrogens is 719 g/mol. The Balaban J connectivity index is 3.56. The highest BCUT2D eigenvalue weighted by Crippen LogP contribution is 2.14. The Kier molecular flexibility index (Phi) is 45.7. The zero-order chi connectivity index (χ0) is 42.3. The third-order valence-corrected chi connectivity index (χ3v) is 11.1. The molecular formula is C52H95NO5. The monoisotopic (exact) mass is 814 g/mol. The maximum atomic E-state index is 12.3. The second-order valence-corrected chi connectivity index (χ2v) is 16.8. The molecule has 338 valence electrons. The van der Waals surface area contributed by atoms with E-state index in [9.17, 15) is 19.8 Å². The second-order valence-electron chi connectivity index (χ2n) is 16.8. The van der Waals surface area contributed by atoms with Gasteiger partial charge in [-0.25, -0.2) is 0 Å². The Morgan fingerprint density at radius 2 is 0.879 bits per heavy atom. The van der Waals surface area contributed by atoms with Gasteiger partial charge in [0, 0.05) is 12.8 Å². The summed E-state index contributed by atoms with van der Waals surface area (Å²) in [5.41, 5.74) is 0. The molecule has 1 amide bonds. The lowest BCUT2D eigenvalue weighted by Crippen LogP contribution is -2.45. The molecule has 3 N–H and O–H groups in total. The number of nitrogens with one attached hydrogen (secondary N) is 1. The van der Waals surface area contributed by atoms with E-state index in [0.717, 1.165) is 51.4 Å². The van der Waals surface area contributed by atoms with Crippen molar-refractivity contribution in [2.45, 2.75) is 257 Å². The summed E-state index contributed by atoms with van der Waals surface area (Å²) in [4.78, 5) is 24.4. The van der Waals surface area contributed by atoms with Crippen molar-refractivity contribution < 1.29 is 24.5 Å². The van der Waals surface area contributed by atoms with Gasteiger partial charge in [0.15, 0.2) is 0 Å². The summed E-state index contributed by atoms with van der Waals surface area (Å²) in [6, 6.07) is -0.671. The van der Waals surface area contributed by atoms with E-state index in [1.54, 1.807) is 6.08 Å². The van der Waals surface area contributed by atoms with Crippen molar-refractivity contribution in [1.82, 2.24) is 5.32 Å². The summed E-state index contributed by atoms with van der Waals surface area (Å²) < 4.78 is 5.45. The number of esters is 1. The van der Waals surface area contributed by atoms with Gasteiger partial charge in [-0.3, -0.25) is 9.59 Å². The van der Waals surface area contributed by atoms with E-state index in [0.29, 0.717) is 25.9 Å². The van der Waals surface area contributed by atoms with E-state index in [4.69, 9.17) is 4.74 Å². The molecule has 0 aliphatic rings. The summed E-state index contributed by atoms with van der Waals surface area (Å²) in [5, 5.41) is 22.9. The highest BCUT2D eigenvalue weighted by molar-refractivity contribution is 5.76. The fourth-order valence-corrected chi connectivity index (χ4v) is 7.20. The van der Waals surface area contributed by atoms with Gasteiger partial charge >= 0.3 is 5.97 Å². The van der Waals surface area contributed by atoms with Gasteiger partial charge in [-0.05, 0) is 77.0 Å². The lowest BCUT2D eigenvalue weighted by atomic mass is 10.1. The standard InChI is InChI=1S/C52H95NO5/c1-3-5-7-9-11-13-15-16-17-18-19-22-26-30-34-38-42-46-52(57)58-47-43-39-35-31-27-23-20-21-25-29-33-37-41-45-51(56)53-49(48-54)50(55)44-40-36-32-28-24-14-12-10-8-6-4-2/h16-17,21,25,33,37,40,44,49-50,54-55H,3-15,18-20,22-24,26-32,34-36,38-39,41-43,45-48H2,1-2H3,(H,53,56)/b17-16-,25-21-,37-33-,44-40+. The van der Waals surface area contributed by atoms with Crippen LogP contribution in [-0.2, 0) is 14.3 Å². The van der Waals surface area contributed by atoms with Crippen LogP contribution in [0.15, 0.2) is 48.6 Å². The average molecular weight is 814 g/mol. The SMILES string of the molecule is CCCCCCCC/C=C\CCCCCCCCCC(=O)OCCCCCCCC/C=C\C/C=C\CCC(=O)NC(CO)C(O)/C=C/CCCCCCCCCCC. The number of hydrogen-bond donors (Lipinski definition) is 3. The van der Waals surface area contributed by atoms with Crippen molar-refractivity contribution in [3.05, 3.63) is 48.6 Å². The maximum Gasteiger partial charge on any atom is 0.305 e. The fraction of sp³-hybridized carbons (Fsp3) is 0.808. The van der Waals surface area contributed by atoms with Crippen LogP contribution in [0.2, 0.25) is 0 Å². The molecule has 0 aromatic rings. The molecule has 58 heavy (non-hydrogen) atoms. The van der Waals surface area contributed by atoms with Crippen LogP contribution in [0.5, 0.6) is 0 Å². The number of unbranched alkanes of at least 4 members (excludes halogenated alkanes) is 28. The van der Waals surface area contributed by atoms with Crippen molar-refractivity contribution >= 4 is 11.9 Å². The van der Waals surface area contributed by atoms with Crippen molar-refractivity contribution in [3.8, 4) is 0 Å². The van der Waals surface area contributed by atoms with Crippen LogP contribution >= 0.6 is 0 Å². The van der Waals surface area contributed by atoms with Gasteiger partial charge in [0.05, 0.1) is 25.4 Å². The maximum absolute atomic E-state index is 12.3. The van der Waals surface area contributed by atoms with E-state index in [1.165, 1.54) is 161 Å². The minimum absolute atomic E-state index is 0.0231. The topological polar surface area (TPSA) is 95.9 Å². The number of ether oxygens (including phenoxy) is 1. The molecule has 0 aliphatic heterocycles. The number of carbonyl (C=O) groups excluding carboxylic acids is 2. The number of aliphatic hydroxyl groups is 2. The highest BCUT2D eigenvalue weighted by atomic mass is 16.5. The van der Waals surface area contributed by atoms with Gasteiger partial charge in [-0.15, -0.1) is 0 Å². The van der Waals surface area contributed by atoms with Gasteiger partial charge in [-0.1, -0.05) is 204 Å². The first-order chi connectivity index (χ1) is 28.5. The quantitative estimate of drug-likeness (QED) is 0.0323. The minimum Gasteiger partial charge on any atom is -0.466 e. The van der Waals surface area contributed by atoms with Gasteiger partial charge in [0.1, 0.15) is 0 Å². The molecule has 0 saturated carbocycles. The molecule has 6 nitrogen and oxygen atoms in total. The van der Waals surface area contributed by atoms with E-state index >= 15 is 0 Å². The van der Waals surface area contributed by atoms with Crippen LogP contribution < -0.4 is 5.32 Å². The third kappa shape index (κ3) is 43.4. The zero-order valence-electron chi connectivity index (χ0n) is 38.3. The van der Waals surface area contributed by atoms with E-state index < -0.39 is 12.1 Å². The van der Waals surface area contributed by atoms with Gasteiger partial charge in [0.2, 0.25) is 5.91 Å². The number of hydrogen-bond acceptors (Lipinski definition) is 5. The smallest absolute Gasteiger partial charge is 0.305 e. The Bertz CT molecular complexity index is 988. The lowest BCUT2D eigenvalue weighted by molar-refractivity contribution is -0.143. The molecule has 0 aliphatic carbocycles. The normalized spacial score (nSPS) is 13.1. The van der Waals surface area contributed by atoms with Gasteiger partial charge < -0.3 is 20.3 Å². The molecule has 0 radical (unpaired) electrons. The summed E-state index contributed by atoms with van der Waals surface area (Å²) in [7, 11) is 0. The summed E-state index contributed by atoms with van der Waals surface area (Å²) in [5.74, 6) is -0.175. The van der Waals surface area contributed by atoms with E-state index in [1.807, 2.05) is 12.2 Å². The van der Waals surface area contributed by atoms with Crippen molar-refractivity contribution in [1.29, 1.82) is 0 Å². The molecule has 0 fully saturated rings. The Hall–Kier alpha value is -2.18. The molecule has 0 rings (SSSR count). The van der Waals surface area contributed by atoms with Crippen molar-refractivity contribution in [2.24, 2.45) is 0 Å². The Morgan fingerprint density at radius 1 is 0.483 bits per heavy atom. The molecule has 2 unspecified atom stereocenters. The number of allylic oxidation sites excluding steroid dienone is 7. The molecule has 0 heterocycles. The second kappa shape index (κ2) is 47.5. The first-order valence-corrected chi connectivity index (χ1v) is 24.9.